The van der Waals surface area contributed by atoms with Gasteiger partial charge in [-0.2, -0.15) is 0 Å². The average molecular weight is 266 g/mol. The number of nitrogens with two attached hydrogens (primary N) is 1. The minimum atomic E-state index is -0.596. The van der Waals surface area contributed by atoms with Crippen LogP contribution in [-0.4, -0.2) is 31.1 Å². The van der Waals surface area contributed by atoms with Crippen LogP contribution in [-0.2, 0) is 14.2 Å². The number of halogens is 1. The number of rotatable bonds is 7. The Morgan fingerprint density at radius 1 is 1.57 bits per heavy atom. The number of hydrogen-bond donors (Lipinski definition) is 1. The van der Waals surface area contributed by atoms with E-state index in [0.717, 1.165) is 12.7 Å². The van der Waals surface area contributed by atoms with E-state index in [1.165, 1.54) is 0 Å². The fraction of sp³-hybridized carbons (Fsp3) is 0.875. The van der Waals surface area contributed by atoms with Crippen molar-refractivity contribution in [1.29, 1.82) is 0 Å². The third-order valence-electron chi connectivity index (χ3n) is 1.52. The van der Waals surface area contributed by atoms with Gasteiger partial charge in [-0.25, -0.2) is 0 Å². The van der Waals surface area contributed by atoms with Crippen molar-refractivity contribution < 1.29 is 14.2 Å². The Hall–Kier alpha value is -0.0651. The monoisotopic (exact) mass is 265 g/mol. The molecule has 0 amide bonds. The van der Waals surface area contributed by atoms with Crippen molar-refractivity contribution in [3.05, 3.63) is 0 Å². The highest BCUT2D eigenvalue weighted by Crippen LogP contribution is 2.17. The van der Waals surface area contributed by atoms with Crippen LogP contribution in [0.4, 0.5) is 0 Å². The van der Waals surface area contributed by atoms with Crippen molar-refractivity contribution in [2.24, 2.45) is 5.73 Å². The molecule has 82 valence electrons. The van der Waals surface area contributed by atoms with E-state index in [2.05, 4.69) is 15.9 Å². The molecule has 0 bridgehead atoms. The lowest BCUT2D eigenvalue weighted by Gasteiger charge is -2.14. The van der Waals surface area contributed by atoms with Crippen LogP contribution in [0.3, 0.4) is 0 Å². The van der Waals surface area contributed by atoms with E-state index in [-0.39, 0.29) is 12.7 Å². The molecule has 0 fully saturated rings. The van der Waals surface area contributed by atoms with Gasteiger partial charge in [0.2, 0.25) is 0 Å². The third-order valence-corrected chi connectivity index (χ3v) is 1.84. The molecule has 14 heavy (non-hydrogen) atoms. The second kappa shape index (κ2) is 7.26. The van der Waals surface area contributed by atoms with E-state index in [0.29, 0.717) is 14.1 Å². The van der Waals surface area contributed by atoms with E-state index >= 15 is 0 Å². The maximum absolute atomic E-state index is 11.2. The molecule has 0 saturated heterocycles. The SMILES string of the molecule is CC(C)(Br)C(=O)OCCCBOCN. The Bertz CT molecular complexity index is 172. The first-order chi connectivity index (χ1) is 6.48. The second-order valence-corrected chi connectivity index (χ2v) is 5.37. The summed E-state index contributed by atoms with van der Waals surface area (Å²) in [6.07, 6.45) is 1.65. The lowest BCUT2D eigenvalue weighted by molar-refractivity contribution is -0.145. The Kier molecular flexibility index (Phi) is 7.22. The molecule has 0 aromatic carbocycles. The predicted octanol–water partition coefficient (Wildman–Crippen LogP) is 0.796. The molecule has 0 atom stereocenters. The molecule has 0 aromatic rings. The molecular weight excluding hydrogens is 249 g/mol. The Morgan fingerprint density at radius 3 is 2.71 bits per heavy atom. The predicted molar refractivity (Wildman–Crippen MR) is 60.7 cm³/mol. The maximum Gasteiger partial charge on any atom is 0.322 e. The molecule has 4 nitrogen and oxygen atoms in total. The van der Waals surface area contributed by atoms with E-state index in [4.69, 9.17) is 15.1 Å². The number of hydrogen-bond acceptors (Lipinski definition) is 4. The highest BCUT2D eigenvalue weighted by atomic mass is 79.9. The van der Waals surface area contributed by atoms with Gasteiger partial charge in [-0.05, 0) is 26.6 Å². The normalized spacial score (nSPS) is 11.1. The standard InChI is InChI=1S/C8H17BBrNO3/c1-8(2,10)7(12)13-5-3-4-9-14-6-11/h9H,3-6,11H2,1-2H3. The van der Waals surface area contributed by atoms with Gasteiger partial charge in [0.25, 0.3) is 7.48 Å². The summed E-state index contributed by atoms with van der Waals surface area (Å²) in [5.41, 5.74) is 5.13. The number of esters is 1. The average Bonchev–Trinajstić information content (AvgIpc) is 2.09. The fourth-order valence-electron chi connectivity index (χ4n) is 0.726. The van der Waals surface area contributed by atoms with E-state index in [9.17, 15) is 4.79 Å². The number of carbonyl (C=O) groups is 1. The molecule has 0 saturated carbocycles. The molecule has 0 aliphatic carbocycles. The zero-order valence-corrected chi connectivity index (χ0v) is 10.3. The lowest BCUT2D eigenvalue weighted by atomic mass is 9.93. The number of alkyl halides is 1. The minimum Gasteiger partial charge on any atom is -0.465 e. The molecule has 0 aliphatic heterocycles. The minimum absolute atomic E-state index is 0.239. The summed E-state index contributed by atoms with van der Waals surface area (Å²) in [4.78, 5) is 11.2. The van der Waals surface area contributed by atoms with Crippen LogP contribution < -0.4 is 5.73 Å². The molecule has 0 unspecified atom stereocenters. The van der Waals surface area contributed by atoms with Crippen LogP contribution in [0.15, 0.2) is 0 Å². The van der Waals surface area contributed by atoms with E-state index < -0.39 is 4.32 Å². The molecular formula is C8H17BBrNO3. The first-order valence-corrected chi connectivity index (χ1v) is 5.41. The highest BCUT2D eigenvalue weighted by molar-refractivity contribution is 9.10. The molecule has 0 aromatic heterocycles. The summed E-state index contributed by atoms with van der Waals surface area (Å²) in [5.74, 6) is -0.239. The van der Waals surface area contributed by atoms with E-state index in [1.807, 2.05) is 0 Å². The molecule has 0 rings (SSSR count). The maximum atomic E-state index is 11.2. The van der Waals surface area contributed by atoms with Gasteiger partial charge in [-0.15, -0.1) is 0 Å². The van der Waals surface area contributed by atoms with Gasteiger partial charge < -0.3 is 15.1 Å². The fourth-order valence-corrected chi connectivity index (χ4v) is 0.840. The summed E-state index contributed by atoms with van der Waals surface area (Å²) in [7, 11) is 0.617. The Morgan fingerprint density at radius 2 is 2.21 bits per heavy atom. The molecule has 6 heteroatoms. The van der Waals surface area contributed by atoms with Crippen LogP contribution in [0.2, 0.25) is 6.32 Å². The van der Waals surface area contributed by atoms with Crippen LogP contribution in [0.25, 0.3) is 0 Å². The largest absolute Gasteiger partial charge is 0.465 e. The van der Waals surface area contributed by atoms with Crippen molar-refractivity contribution in [2.75, 3.05) is 13.3 Å². The smallest absolute Gasteiger partial charge is 0.322 e. The van der Waals surface area contributed by atoms with Crippen molar-refractivity contribution >= 4 is 29.4 Å². The molecule has 0 heterocycles. The van der Waals surface area contributed by atoms with Gasteiger partial charge in [0, 0.05) is 0 Å². The number of ether oxygens (including phenoxy) is 1. The van der Waals surface area contributed by atoms with Gasteiger partial charge >= 0.3 is 5.97 Å². The number of carbonyl (C=O) groups excluding carboxylic acids is 1. The quantitative estimate of drug-likeness (QED) is 0.243. The zero-order chi connectivity index (χ0) is 11.0. The van der Waals surface area contributed by atoms with Gasteiger partial charge in [0.05, 0.1) is 13.3 Å². The van der Waals surface area contributed by atoms with Gasteiger partial charge in [0.15, 0.2) is 0 Å². The van der Waals surface area contributed by atoms with Gasteiger partial charge in [-0.3, -0.25) is 4.79 Å². The Balaban J connectivity index is 3.33. The first-order valence-electron chi connectivity index (χ1n) is 4.62. The molecule has 0 radical (unpaired) electrons. The topological polar surface area (TPSA) is 61.5 Å². The summed E-state index contributed by atoms with van der Waals surface area (Å²) < 4.78 is 9.35. The van der Waals surface area contributed by atoms with Crippen molar-refractivity contribution in [2.45, 2.75) is 30.9 Å². The summed E-state index contributed by atoms with van der Waals surface area (Å²) in [6, 6.07) is 0. The Labute approximate surface area is 93.9 Å². The third kappa shape index (κ3) is 7.35. The zero-order valence-electron chi connectivity index (χ0n) is 8.72. The van der Waals surface area contributed by atoms with E-state index in [1.54, 1.807) is 13.8 Å². The molecule has 0 aliphatic rings. The summed E-state index contributed by atoms with van der Waals surface area (Å²) >= 11 is 3.22. The van der Waals surface area contributed by atoms with Crippen molar-refractivity contribution in [3.63, 3.8) is 0 Å². The lowest BCUT2D eigenvalue weighted by Crippen LogP contribution is -2.26. The molecule has 0 spiro atoms. The van der Waals surface area contributed by atoms with Crippen LogP contribution in [0, 0.1) is 0 Å². The highest BCUT2D eigenvalue weighted by Gasteiger charge is 2.24. The van der Waals surface area contributed by atoms with Crippen LogP contribution >= 0.6 is 15.9 Å². The van der Waals surface area contributed by atoms with Crippen molar-refractivity contribution in [1.82, 2.24) is 0 Å². The molecule has 2 N–H and O–H groups in total. The summed E-state index contributed by atoms with van der Waals surface area (Å²) in [6.45, 7) is 4.19. The van der Waals surface area contributed by atoms with Gasteiger partial charge in [-0.1, -0.05) is 15.9 Å². The van der Waals surface area contributed by atoms with Gasteiger partial charge in [0.1, 0.15) is 4.32 Å². The van der Waals surface area contributed by atoms with Crippen molar-refractivity contribution in [3.8, 4) is 0 Å². The van der Waals surface area contributed by atoms with Crippen LogP contribution in [0.5, 0.6) is 0 Å². The van der Waals surface area contributed by atoms with Crippen LogP contribution in [0.1, 0.15) is 20.3 Å². The first kappa shape index (κ1) is 13.9. The summed E-state index contributed by atoms with van der Waals surface area (Å²) in [5, 5.41) is 0. The second-order valence-electron chi connectivity index (χ2n) is 3.39.